The van der Waals surface area contributed by atoms with E-state index in [1.807, 2.05) is 16.8 Å². The predicted octanol–water partition coefficient (Wildman–Crippen LogP) is 2.67. The highest BCUT2D eigenvalue weighted by Gasteiger charge is 2.14. The Morgan fingerprint density at radius 3 is 2.96 bits per heavy atom. The molecule has 3 rings (SSSR count). The number of esters is 1. The van der Waals surface area contributed by atoms with Crippen LogP contribution in [0.25, 0.3) is 6.08 Å². The first-order chi connectivity index (χ1) is 11.2. The molecule has 7 heteroatoms. The first kappa shape index (κ1) is 15.1. The number of amides is 1. The van der Waals surface area contributed by atoms with Crippen LogP contribution >= 0.6 is 11.3 Å². The fourth-order valence-corrected chi connectivity index (χ4v) is 2.52. The second-order valence-electron chi connectivity index (χ2n) is 4.61. The lowest BCUT2D eigenvalue weighted by molar-refractivity contribution is -0.142. The molecule has 2 aromatic rings. The monoisotopic (exact) mass is 331 g/mol. The Hall–Kier alpha value is -2.80. The van der Waals surface area contributed by atoms with Crippen molar-refractivity contribution in [1.29, 1.82) is 0 Å². The summed E-state index contributed by atoms with van der Waals surface area (Å²) in [4.78, 5) is 23.3. The third-order valence-corrected chi connectivity index (χ3v) is 3.66. The van der Waals surface area contributed by atoms with Crippen LogP contribution in [0.1, 0.15) is 5.56 Å². The number of hydrogen-bond donors (Lipinski definition) is 1. The molecule has 0 unspecified atom stereocenters. The summed E-state index contributed by atoms with van der Waals surface area (Å²) in [5.74, 6) is 0.199. The van der Waals surface area contributed by atoms with Crippen LogP contribution in [0.5, 0.6) is 11.5 Å². The zero-order valence-electron chi connectivity index (χ0n) is 12.0. The minimum atomic E-state index is -0.572. The average Bonchev–Trinajstić information content (AvgIpc) is 3.21. The largest absolute Gasteiger partial charge is 0.454 e. The molecule has 0 spiro atoms. The molecule has 1 aromatic heterocycles. The van der Waals surface area contributed by atoms with Gasteiger partial charge in [-0.25, -0.2) is 4.79 Å². The Labute approximate surface area is 136 Å². The first-order valence-corrected chi connectivity index (χ1v) is 7.71. The molecule has 1 aromatic carbocycles. The molecule has 0 radical (unpaired) electrons. The van der Waals surface area contributed by atoms with Crippen LogP contribution in [0.4, 0.5) is 5.69 Å². The van der Waals surface area contributed by atoms with Crippen molar-refractivity contribution in [3.8, 4) is 11.5 Å². The summed E-state index contributed by atoms with van der Waals surface area (Å²) < 4.78 is 15.3. The summed E-state index contributed by atoms with van der Waals surface area (Å²) in [6, 6.07) is 6.91. The van der Waals surface area contributed by atoms with Gasteiger partial charge >= 0.3 is 5.97 Å². The standard InChI is InChI=1S/C16H13NO5S/c18-15(8-20-16(19)4-1-11-5-6-23-9-11)17-12-2-3-13-14(7-12)22-10-21-13/h1-7,9H,8,10H2,(H,17,18)/b4-1+. The summed E-state index contributed by atoms with van der Waals surface area (Å²) in [5, 5.41) is 6.43. The van der Waals surface area contributed by atoms with Gasteiger partial charge in [-0.15, -0.1) is 0 Å². The van der Waals surface area contributed by atoms with Crippen LogP contribution in [0.15, 0.2) is 41.1 Å². The minimum Gasteiger partial charge on any atom is -0.454 e. The van der Waals surface area contributed by atoms with E-state index in [9.17, 15) is 9.59 Å². The number of benzene rings is 1. The van der Waals surface area contributed by atoms with Crippen molar-refractivity contribution in [3.63, 3.8) is 0 Å². The quantitative estimate of drug-likeness (QED) is 0.673. The van der Waals surface area contributed by atoms with Gasteiger partial charge in [0.25, 0.3) is 5.91 Å². The summed E-state index contributed by atoms with van der Waals surface area (Å²) in [6.45, 7) is -0.192. The van der Waals surface area contributed by atoms with E-state index in [1.54, 1.807) is 24.3 Å². The van der Waals surface area contributed by atoms with Crippen LogP contribution in [0.2, 0.25) is 0 Å². The number of thiophene rings is 1. The second kappa shape index (κ2) is 6.97. The lowest BCUT2D eigenvalue weighted by Gasteiger charge is -2.06. The zero-order valence-corrected chi connectivity index (χ0v) is 12.8. The summed E-state index contributed by atoms with van der Waals surface area (Å²) in [5.41, 5.74) is 1.46. The lowest BCUT2D eigenvalue weighted by atomic mass is 10.3. The zero-order chi connectivity index (χ0) is 16.1. The highest BCUT2D eigenvalue weighted by atomic mass is 32.1. The van der Waals surface area contributed by atoms with Crippen molar-refractivity contribution in [2.75, 3.05) is 18.7 Å². The maximum absolute atomic E-state index is 11.8. The van der Waals surface area contributed by atoms with E-state index in [0.29, 0.717) is 17.2 Å². The number of carbonyl (C=O) groups is 2. The average molecular weight is 331 g/mol. The molecular weight excluding hydrogens is 318 g/mol. The molecule has 2 heterocycles. The van der Waals surface area contributed by atoms with Crippen molar-refractivity contribution < 1.29 is 23.8 Å². The van der Waals surface area contributed by atoms with Gasteiger partial charge in [0, 0.05) is 17.8 Å². The van der Waals surface area contributed by atoms with E-state index >= 15 is 0 Å². The van der Waals surface area contributed by atoms with Crippen LogP contribution in [-0.2, 0) is 14.3 Å². The Kier molecular flexibility index (Phi) is 4.58. The van der Waals surface area contributed by atoms with E-state index in [2.05, 4.69) is 5.32 Å². The Morgan fingerprint density at radius 2 is 2.13 bits per heavy atom. The number of rotatable bonds is 5. The predicted molar refractivity (Wildman–Crippen MR) is 85.5 cm³/mol. The first-order valence-electron chi connectivity index (χ1n) is 6.77. The van der Waals surface area contributed by atoms with Gasteiger partial charge in [0.15, 0.2) is 18.1 Å². The van der Waals surface area contributed by atoms with Gasteiger partial charge in [0.2, 0.25) is 6.79 Å². The number of carbonyl (C=O) groups excluding carboxylic acids is 2. The highest BCUT2D eigenvalue weighted by molar-refractivity contribution is 7.08. The molecule has 0 aliphatic carbocycles. The normalized spacial score (nSPS) is 12.3. The Bertz CT molecular complexity index is 739. The molecule has 1 aliphatic heterocycles. The fourth-order valence-electron chi connectivity index (χ4n) is 1.89. The molecule has 0 saturated heterocycles. The second-order valence-corrected chi connectivity index (χ2v) is 5.39. The smallest absolute Gasteiger partial charge is 0.331 e. The summed E-state index contributed by atoms with van der Waals surface area (Å²) >= 11 is 1.53. The van der Waals surface area contributed by atoms with Gasteiger partial charge in [-0.2, -0.15) is 11.3 Å². The van der Waals surface area contributed by atoms with E-state index in [0.717, 1.165) is 5.56 Å². The number of anilines is 1. The van der Waals surface area contributed by atoms with Crippen LogP contribution in [0.3, 0.4) is 0 Å². The minimum absolute atomic E-state index is 0.167. The van der Waals surface area contributed by atoms with Gasteiger partial charge in [0.05, 0.1) is 0 Å². The number of nitrogens with one attached hydrogen (secondary N) is 1. The van der Waals surface area contributed by atoms with Gasteiger partial charge in [-0.3, -0.25) is 4.79 Å². The van der Waals surface area contributed by atoms with Crippen LogP contribution in [0, 0.1) is 0 Å². The molecular formula is C16H13NO5S. The molecule has 118 valence electrons. The van der Waals surface area contributed by atoms with Gasteiger partial charge in [-0.1, -0.05) is 0 Å². The van der Waals surface area contributed by atoms with Crippen molar-refractivity contribution >= 4 is 35.0 Å². The lowest BCUT2D eigenvalue weighted by Crippen LogP contribution is -2.20. The maximum Gasteiger partial charge on any atom is 0.331 e. The Balaban J connectivity index is 1.47. The number of ether oxygens (including phenoxy) is 3. The van der Waals surface area contributed by atoms with Crippen LogP contribution < -0.4 is 14.8 Å². The third kappa shape index (κ3) is 4.10. The number of hydrogen-bond acceptors (Lipinski definition) is 6. The molecule has 6 nitrogen and oxygen atoms in total. The summed E-state index contributed by atoms with van der Waals surface area (Å²) in [7, 11) is 0. The van der Waals surface area contributed by atoms with Gasteiger partial charge in [-0.05, 0) is 40.6 Å². The van der Waals surface area contributed by atoms with Gasteiger partial charge < -0.3 is 19.5 Å². The van der Waals surface area contributed by atoms with E-state index in [4.69, 9.17) is 14.2 Å². The topological polar surface area (TPSA) is 73.9 Å². The van der Waals surface area contributed by atoms with E-state index in [1.165, 1.54) is 17.4 Å². The molecule has 23 heavy (non-hydrogen) atoms. The maximum atomic E-state index is 11.8. The fraction of sp³-hybridized carbons (Fsp3) is 0.125. The molecule has 0 fully saturated rings. The molecule has 1 amide bonds. The van der Waals surface area contributed by atoms with Gasteiger partial charge in [0.1, 0.15) is 0 Å². The van der Waals surface area contributed by atoms with Crippen molar-refractivity contribution in [1.82, 2.24) is 0 Å². The Morgan fingerprint density at radius 1 is 1.26 bits per heavy atom. The van der Waals surface area contributed by atoms with E-state index in [-0.39, 0.29) is 13.4 Å². The van der Waals surface area contributed by atoms with Crippen molar-refractivity contribution in [3.05, 3.63) is 46.7 Å². The summed E-state index contributed by atoms with van der Waals surface area (Å²) in [6.07, 6.45) is 2.92. The van der Waals surface area contributed by atoms with Crippen molar-refractivity contribution in [2.45, 2.75) is 0 Å². The SMILES string of the molecule is O=C(COC(=O)/C=C/c1ccsc1)Nc1ccc2c(c1)OCO2. The van der Waals surface area contributed by atoms with Crippen molar-refractivity contribution in [2.24, 2.45) is 0 Å². The van der Waals surface area contributed by atoms with Crippen LogP contribution in [-0.4, -0.2) is 25.3 Å². The molecule has 1 N–H and O–H groups in total. The molecule has 0 saturated carbocycles. The third-order valence-electron chi connectivity index (χ3n) is 2.96. The molecule has 0 bridgehead atoms. The highest BCUT2D eigenvalue weighted by Crippen LogP contribution is 2.34. The number of fused-ring (bicyclic) bond motifs is 1. The molecule has 1 aliphatic rings. The van der Waals surface area contributed by atoms with E-state index < -0.39 is 11.9 Å². The molecule has 0 atom stereocenters.